The van der Waals surface area contributed by atoms with Gasteiger partial charge in [0, 0.05) is 23.9 Å². The molecule has 154 valence electrons. The highest BCUT2D eigenvalue weighted by molar-refractivity contribution is 6.08. The highest BCUT2D eigenvalue weighted by Crippen LogP contribution is 2.24. The van der Waals surface area contributed by atoms with E-state index in [0.717, 1.165) is 17.5 Å². The van der Waals surface area contributed by atoms with Crippen molar-refractivity contribution in [3.63, 3.8) is 0 Å². The predicted octanol–water partition coefficient (Wildman–Crippen LogP) is 4.26. The summed E-state index contributed by atoms with van der Waals surface area (Å²) in [6.07, 6.45) is 6.32. The fraction of sp³-hybridized carbons (Fsp3) is 0.292. The van der Waals surface area contributed by atoms with E-state index in [1.807, 2.05) is 26.0 Å². The van der Waals surface area contributed by atoms with Crippen molar-refractivity contribution in [2.24, 2.45) is 5.92 Å². The minimum atomic E-state index is -0.346. The van der Waals surface area contributed by atoms with E-state index in [-0.39, 0.29) is 35.4 Å². The van der Waals surface area contributed by atoms with Crippen molar-refractivity contribution in [1.82, 2.24) is 20.3 Å². The average Bonchev–Trinajstić information content (AvgIpc) is 2.81. The molecule has 1 amide bonds. The minimum absolute atomic E-state index is 0.126. The Kier molecular flexibility index (Phi) is 7.01. The van der Waals surface area contributed by atoms with Gasteiger partial charge in [0.15, 0.2) is 5.78 Å². The number of aryl methyl sites for hydroxylation is 1. The Morgan fingerprint density at radius 3 is 2.60 bits per heavy atom. The molecule has 0 unspecified atom stereocenters. The second kappa shape index (κ2) is 9.87. The van der Waals surface area contributed by atoms with Gasteiger partial charge < -0.3 is 5.32 Å². The van der Waals surface area contributed by atoms with Crippen LogP contribution in [0.5, 0.6) is 0 Å². The summed E-state index contributed by atoms with van der Waals surface area (Å²) in [5, 5.41) is 2.85. The number of hydrogen-bond acceptors (Lipinski definition) is 5. The molecule has 6 heteroatoms. The highest BCUT2D eigenvalue weighted by atomic mass is 16.2. The number of aromatic nitrogens is 3. The Balaban J connectivity index is 1.97. The number of ketones is 1. The average molecular weight is 402 g/mol. The second-order valence-electron chi connectivity index (χ2n) is 7.23. The van der Waals surface area contributed by atoms with Gasteiger partial charge in [0.25, 0.3) is 5.91 Å². The van der Waals surface area contributed by atoms with Gasteiger partial charge in [0.1, 0.15) is 12.0 Å². The molecule has 1 aromatic carbocycles. The molecule has 0 bridgehead atoms. The third-order valence-electron chi connectivity index (χ3n) is 5.17. The van der Waals surface area contributed by atoms with Crippen LogP contribution in [0, 0.1) is 5.92 Å². The zero-order valence-corrected chi connectivity index (χ0v) is 17.6. The van der Waals surface area contributed by atoms with E-state index in [0.29, 0.717) is 12.1 Å². The van der Waals surface area contributed by atoms with E-state index in [2.05, 4.69) is 39.3 Å². The van der Waals surface area contributed by atoms with Crippen LogP contribution in [0.15, 0.2) is 55.1 Å². The normalized spacial score (nSPS) is 11.7. The first-order valence-electron chi connectivity index (χ1n) is 10.2. The Hall–Kier alpha value is -3.41. The molecular formula is C24H26N4O2. The third-order valence-corrected chi connectivity index (χ3v) is 5.17. The van der Waals surface area contributed by atoms with Crippen LogP contribution in [-0.2, 0) is 13.0 Å². The summed E-state index contributed by atoms with van der Waals surface area (Å²) in [6, 6.07) is 11.6. The first-order valence-corrected chi connectivity index (χ1v) is 10.2. The molecule has 0 saturated carbocycles. The number of nitrogens with one attached hydrogen (secondary N) is 1. The molecule has 30 heavy (non-hydrogen) atoms. The zero-order chi connectivity index (χ0) is 21.5. The Labute approximate surface area is 176 Å². The fourth-order valence-corrected chi connectivity index (χ4v) is 3.07. The molecule has 3 rings (SSSR count). The molecule has 3 aromatic rings. The van der Waals surface area contributed by atoms with Crippen LogP contribution in [0.4, 0.5) is 0 Å². The van der Waals surface area contributed by atoms with Crippen LogP contribution in [0.1, 0.15) is 59.3 Å². The molecule has 0 aliphatic heterocycles. The summed E-state index contributed by atoms with van der Waals surface area (Å²) in [4.78, 5) is 38.3. The molecule has 1 atom stereocenters. The number of nitrogens with zero attached hydrogens (tertiary/aromatic N) is 3. The number of amides is 1. The smallest absolute Gasteiger partial charge is 0.253 e. The van der Waals surface area contributed by atoms with Gasteiger partial charge in [-0.05, 0) is 36.1 Å². The van der Waals surface area contributed by atoms with E-state index < -0.39 is 0 Å². The molecule has 0 aliphatic rings. The van der Waals surface area contributed by atoms with Gasteiger partial charge in [-0.2, -0.15) is 0 Å². The van der Waals surface area contributed by atoms with E-state index in [1.54, 1.807) is 24.5 Å². The van der Waals surface area contributed by atoms with Crippen molar-refractivity contribution < 1.29 is 9.59 Å². The number of carbonyl (C=O) groups excluding carboxylic acids is 2. The SMILES string of the molecule is CCc1cccc(-c2cnc(C(=O)[C@@H](C)CC)c(C(=O)NCc3ccncn3)c2)c1. The van der Waals surface area contributed by atoms with E-state index in [4.69, 9.17) is 0 Å². The van der Waals surface area contributed by atoms with Crippen molar-refractivity contribution in [3.8, 4) is 11.1 Å². The van der Waals surface area contributed by atoms with E-state index >= 15 is 0 Å². The molecule has 0 spiro atoms. The summed E-state index contributed by atoms with van der Waals surface area (Å²) in [7, 11) is 0. The van der Waals surface area contributed by atoms with Crippen LogP contribution in [0.25, 0.3) is 11.1 Å². The molecule has 0 fully saturated rings. The van der Waals surface area contributed by atoms with Crippen molar-refractivity contribution in [2.75, 3.05) is 0 Å². The third kappa shape index (κ3) is 4.95. The van der Waals surface area contributed by atoms with Gasteiger partial charge in [-0.15, -0.1) is 0 Å². The number of rotatable bonds is 8. The minimum Gasteiger partial charge on any atom is -0.346 e. The summed E-state index contributed by atoms with van der Waals surface area (Å²) in [5.74, 6) is -0.681. The monoisotopic (exact) mass is 402 g/mol. The van der Waals surface area contributed by atoms with E-state index in [1.165, 1.54) is 11.9 Å². The first kappa shape index (κ1) is 21.3. The maximum Gasteiger partial charge on any atom is 0.253 e. The summed E-state index contributed by atoms with van der Waals surface area (Å²) in [6.45, 7) is 6.14. The van der Waals surface area contributed by atoms with Gasteiger partial charge >= 0.3 is 0 Å². The highest BCUT2D eigenvalue weighted by Gasteiger charge is 2.23. The number of hydrogen-bond donors (Lipinski definition) is 1. The van der Waals surface area contributed by atoms with Crippen molar-refractivity contribution in [2.45, 2.75) is 40.2 Å². The van der Waals surface area contributed by atoms with Gasteiger partial charge in [-0.25, -0.2) is 9.97 Å². The number of Topliss-reactive ketones (excluding diaryl/α,β-unsaturated/α-hetero) is 1. The Bertz CT molecular complexity index is 1030. The van der Waals surface area contributed by atoms with Gasteiger partial charge in [-0.3, -0.25) is 14.6 Å². The molecule has 2 aromatic heterocycles. The maximum absolute atomic E-state index is 13.0. The van der Waals surface area contributed by atoms with Crippen LogP contribution >= 0.6 is 0 Å². The fourth-order valence-electron chi connectivity index (χ4n) is 3.07. The first-order chi connectivity index (χ1) is 14.5. The zero-order valence-electron chi connectivity index (χ0n) is 17.6. The van der Waals surface area contributed by atoms with Crippen LogP contribution in [0.2, 0.25) is 0 Å². The lowest BCUT2D eigenvalue weighted by molar-refractivity contribution is 0.0898. The van der Waals surface area contributed by atoms with E-state index in [9.17, 15) is 9.59 Å². The van der Waals surface area contributed by atoms with Crippen molar-refractivity contribution in [1.29, 1.82) is 0 Å². The molecular weight excluding hydrogens is 376 g/mol. The Morgan fingerprint density at radius 1 is 1.07 bits per heavy atom. The van der Waals surface area contributed by atoms with Gasteiger partial charge in [0.2, 0.25) is 0 Å². The lowest BCUT2D eigenvalue weighted by Gasteiger charge is -2.14. The molecule has 0 aliphatic carbocycles. The largest absolute Gasteiger partial charge is 0.346 e. The molecule has 2 heterocycles. The quantitative estimate of drug-likeness (QED) is 0.569. The molecule has 0 radical (unpaired) electrons. The maximum atomic E-state index is 13.0. The lowest BCUT2D eigenvalue weighted by Crippen LogP contribution is -2.27. The van der Waals surface area contributed by atoms with Crippen LogP contribution < -0.4 is 5.32 Å². The van der Waals surface area contributed by atoms with Gasteiger partial charge in [-0.1, -0.05) is 45.0 Å². The second-order valence-corrected chi connectivity index (χ2v) is 7.23. The number of carbonyl (C=O) groups is 2. The number of benzene rings is 1. The Morgan fingerprint density at radius 2 is 1.90 bits per heavy atom. The molecule has 1 N–H and O–H groups in total. The van der Waals surface area contributed by atoms with Crippen molar-refractivity contribution in [3.05, 3.63) is 77.6 Å². The number of pyridine rings is 1. The summed E-state index contributed by atoms with van der Waals surface area (Å²) < 4.78 is 0. The van der Waals surface area contributed by atoms with Crippen LogP contribution in [-0.4, -0.2) is 26.6 Å². The molecule has 0 saturated heterocycles. The standard InChI is InChI=1S/C24H26N4O2/c1-4-16(3)23(29)22-21(24(30)27-14-20-9-10-25-15-28-20)12-19(13-26-22)18-8-6-7-17(5-2)11-18/h6-13,15-16H,4-5,14H2,1-3H3,(H,27,30)/t16-/m0/s1. The molecule has 6 nitrogen and oxygen atoms in total. The van der Waals surface area contributed by atoms with Crippen LogP contribution in [0.3, 0.4) is 0 Å². The summed E-state index contributed by atoms with van der Waals surface area (Å²) >= 11 is 0. The predicted molar refractivity (Wildman–Crippen MR) is 116 cm³/mol. The lowest BCUT2D eigenvalue weighted by atomic mass is 9.95. The summed E-state index contributed by atoms with van der Waals surface area (Å²) in [5.41, 5.74) is 4.15. The topological polar surface area (TPSA) is 84.8 Å². The van der Waals surface area contributed by atoms with Gasteiger partial charge in [0.05, 0.1) is 17.8 Å². The van der Waals surface area contributed by atoms with Crippen molar-refractivity contribution >= 4 is 11.7 Å².